The summed E-state index contributed by atoms with van der Waals surface area (Å²) in [4.78, 5) is 0. The van der Waals surface area contributed by atoms with Crippen LogP contribution in [-0.2, 0) is 0 Å². The SMILES string of the molecule is C/C(=C\[C@H](F)C(F)F)C(F)(F)F. The van der Waals surface area contributed by atoms with Gasteiger partial charge in [-0.05, 0) is 13.0 Å². The fourth-order valence-corrected chi connectivity index (χ4v) is 0.406. The van der Waals surface area contributed by atoms with Crippen LogP contribution in [0.2, 0.25) is 0 Å². The van der Waals surface area contributed by atoms with Crippen LogP contribution >= 0.6 is 0 Å². The lowest BCUT2D eigenvalue weighted by atomic mass is 10.2. The molecule has 0 saturated heterocycles. The monoisotopic (exact) mass is 192 g/mol. The molecule has 1 atom stereocenters. The maximum absolute atomic E-state index is 12.0. The second-order valence-corrected chi connectivity index (χ2v) is 2.13. The largest absolute Gasteiger partial charge is 0.412 e. The molecule has 0 aromatic carbocycles. The first kappa shape index (κ1) is 11.3. The van der Waals surface area contributed by atoms with E-state index in [9.17, 15) is 26.3 Å². The number of alkyl halides is 6. The summed E-state index contributed by atoms with van der Waals surface area (Å²) in [5.74, 6) is 0. The predicted octanol–water partition coefficient (Wildman–Crippen LogP) is 3.10. The molecule has 0 fully saturated rings. The Kier molecular flexibility index (Phi) is 3.60. The van der Waals surface area contributed by atoms with E-state index in [0.29, 0.717) is 6.92 Å². The summed E-state index contributed by atoms with van der Waals surface area (Å²) in [5, 5.41) is 0. The van der Waals surface area contributed by atoms with Gasteiger partial charge in [-0.3, -0.25) is 0 Å². The van der Waals surface area contributed by atoms with Crippen molar-refractivity contribution in [3.63, 3.8) is 0 Å². The molecule has 0 spiro atoms. The third-order valence-corrected chi connectivity index (χ3v) is 1.10. The lowest BCUT2D eigenvalue weighted by Crippen LogP contribution is -2.15. The van der Waals surface area contributed by atoms with E-state index in [2.05, 4.69) is 0 Å². The lowest BCUT2D eigenvalue weighted by molar-refractivity contribution is -0.0923. The van der Waals surface area contributed by atoms with Gasteiger partial charge in [0.15, 0.2) is 6.17 Å². The van der Waals surface area contributed by atoms with Gasteiger partial charge in [0.25, 0.3) is 6.43 Å². The maximum atomic E-state index is 12.0. The van der Waals surface area contributed by atoms with E-state index in [-0.39, 0.29) is 6.08 Å². The Morgan fingerprint density at radius 3 is 1.83 bits per heavy atom. The van der Waals surface area contributed by atoms with Crippen LogP contribution in [0, 0.1) is 0 Å². The Labute approximate surface area is 64.9 Å². The Balaban J connectivity index is 4.36. The Hall–Kier alpha value is -0.680. The smallest absolute Gasteiger partial charge is 0.237 e. The molecule has 6 heteroatoms. The van der Waals surface area contributed by atoms with Crippen molar-refractivity contribution in [3.05, 3.63) is 11.6 Å². The normalized spacial score (nSPS) is 16.8. The van der Waals surface area contributed by atoms with Crippen LogP contribution in [0.1, 0.15) is 6.92 Å². The van der Waals surface area contributed by atoms with Gasteiger partial charge in [0.05, 0.1) is 0 Å². The van der Waals surface area contributed by atoms with E-state index in [4.69, 9.17) is 0 Å². The highest BCUT2D eigenvalue weighted by Gasteiger charge is 2.31. The molecule has 0 heterocycles. The van der Waals surface area contributed by atoms with Gasteiger partial charge in [0, 0.05) is 5.57 Å². The molecule has 0 aliphatic heterocycles. The van der Waals surface area contributed by atoms with Crippen LogP contribution in [0.3, 0.4) is 0 Å². The van der Waals surface area contributed by atoms with Gasteiger partial charge < -0.3 is 0 Å². The molecule has 0 nitrogen and oxygen atoms in total. The minimum absolute atomic E-state index is 0.134. The number of halogens is 6. The van der Waals surface area contributed by atoms with E-state index < -0.39 is 24.3 Å². The zero-order valence-electron chi connectivity index (χ0n) is 6.00. The molecule has 0 aromatic heterocycles. The Morgan fingerprint density at radius 1 is 1.17 bits per heavy atom. The molecule has 0 N–H and O–H groups in total. The highest BCUT2D eigenvalue weighted by Crippen LogP contribution is 2.26. The van der Waals surface area contributed by atoms with Crippen molar-refractivity contribution in [2.45, 2.75) is 25.7 Å². The van der Waals surface area contributed by atoms with Crippen molar-refractivity contribution < 1.29 is 26.3 Å². The van der Waals surface area contributed by atoms with Gasteiger partial charge in [-0.25, -0.2) is 13.2 Å². The van der Waals surface area contributed by atoms with Crippen LogP contribution in [0.4, 0.5) is 26.3 Å². The van der Waals surface area contributed by atoms with Crippen molar-refractivity contribution in [2.75, 3.05) is 0 Å². The molecule has 0 amide bonds. The fourth-order valence-electron chi connectivity index (χ4n) is 0.406. The first-order valence-corrected chi connectivity index (χ1v) is 2.93. The van der Waals surface area contributed by atoms with Crippen molar-refractivity contribution >= 4 is 0 Å². The van der Waals surface area contributed by atoms with Crippen LogP contribution < -0.4 is 0 Å². The highest BCUT2D eigenvalue weighted by atomic mass is 19.4. The Morgan fingerprint density at radius 2 is 1.58 bits per heavy atom. The predicted molar refractivity (Wildman–Crippen MR) is 30.7 cm³/mol. The quantitative estimate of drug-likeness (QED) is 0.465. The second-order valence-electron chi connectivity index (χ2n) is 2.13. The summed E-state index contributed by atoms with van der Waals surface area (Å²) in [6, 6.07) is 0. The molecule has 12 heavy (non-hydrogen) atoms. The van der Waals surface area contributed by atoms with Gasteiger partial charge >= 0.3 is 6.18 Å². The average molecular weight is 192 g/mol. The van der Waals surface area contributed by atoms with E-state index in [0.717, 1.165) is 0 Å². The van der Waals surface area contributed by atoms with Crippen LogP contribution in [0.15, 0.2) is 11.6 Å². The molecule has 0 radical (unpaired) electrons. The molecule has 72 valence electrons. The van der Waals surface area contributed by atoms with E-state index >= 15 is 0 Å². The van der Waals surface area contributed by atoms with Crippen LogP contribution in [0.5, 0.6) is 0 Å². The van der Waals surface area contributed by atoms with E-state index in [1.54, 1.807) is 0 Å². The minimum Gasteiger partial charge on any atom is -0.237 e. The first-order chi connectivity index (χ1) is 5.25. The van der Waals surface area contributed by atoms with E-state index in [1.807, 2.05) is 0 Å². The van der Waals surface area contributed by atoms with Crippen LogP contribution in [0.25, 0.3) is 0 Å². The van der Waals surface area contributed by atoms with Gasteiger partial charge in [0.2, 0.25) is 0 Å². The summed E-state index contributed by atoms with van der Waals surface area (Å²) in [6.45, 7) is 0.537. The van der Waals surface area contributed by atoms with Crippen molar-refractivity contribution in [2.24, 2.45) is 0 Å². The third kappa shape index (κ3) is 3.64. The number of allylic oxidation sites excluding steroid dienone is 2. The lowest BCUT2D eigenvalue weighted by Gasteiger charge is -2.07. The molecule has 0 rings (SSSR count). The molecule has 0 bridgehead atoms. The number of rotatable bonds is 2. The zero-order valence-corrected chi connectivity index (χ0v) is 6.00. The Bertz CT molecular complexity index is 167. The van der Waals surface area contributed by atoms with Crippen molar-refractivity contribution in [1.82, 2.24) is 0 Å². The first-order valence-electron chi connectivity index (χ1n) is 2.93. The standard InChI is InChI=1S/C6H6F6/c1-3(6(10,11)12)2-4(7)5(8)9/h2,4-5H,1H3/b3-2+/t4-/m0/s1. The maximum Gasteiger partial charge on any atom is 0.412 e. The summed E-state index contributed by atoms with van der Waals surface area (Å²) in [6.07, 6.45) is -11.1. The van der Waals surface area contributed by atoms with Crippen LogP contribution in [-0.4, -0.2) is 18.8 Å². The van der Waals surface area contributed by atoms with Gasteiger partial charge in [0.1, 0.15) is 0 Å². The van der Waals surface area contributed by atoms with Crippen molar-refractivity contribution in [3.8, 4) is 0 Å². The third-order valence-electron chi connectivity index (χ3n) is 1.10. The summed E-state index contributed by atoms with van der Waals surface area (Å²) < 4.78 is 69.5. The molecule has 0 aliphatic carbocycles. The van der Waals surface area contributed by atoms with Crippen molar-refractivity contribution in [1.29, 1.82) is 0 Å². The topological polar surface area (TPSA) is 0 Å². The zero-order chi connectivity index (χ0) is 9.94. The summed E-state index contributed by atoms with van der Waals surface area (Å²) in [5.41, 5.74) is -1.35. The van der Waals surface area contributed by atoms with Gasteiger partial charge in [-0.15, -0.1) is 0 Å². The molecule has 0 saturated carbocycles. The molecule has 0 aliphatic rings. The van der Waals surface area contributed by atoms with Gasteiger partial charge in [-0.1, -0.05) is 0 Å². The highest BCUT2D eigenvalue weighted by molar-refractivity contribution is 5.08. The number of hydrogen-bond acceptors (Lipinski definition) is 0. The molecule has 0 aromatic rings. The fraction of sp³-hybridized carbons (Fsp3) is 0.667. The average Bonchev–Trinajstić information content (AvgIpc) is 1.85. The second kappa shape index (κ2) is 3.82. The summed E-state index contributed by atoms with van der Waals surface area (Å²) >= 11 is 0. The molecule has 0 unspecified atom stereocenters. The molecular formula is C6H6F6. The minimum atomic E-state index is -4.74. The summed E-state index contributed by atoms with van der Waals surface area (Å²) in [7, 11) is 0. The molecular weight excluding hydrogens is 186 g/mol. The van der Waals surface area contributed by atoms with Gasteiger partial charge in [-0.2, -0.15) is 13.2 Å². The van der Waals surface area contributed by atoms with E-state index in [1.165, 1.54) is 0 Å². The number of hydrogen-bond donors (Lipinski definition) is 0.